The van der Waals surface area contributed by atoms with E-state index >= 15 is 0 Å². The van der Waals surface area contributed by atoms with Gasteiger partial charge in [-0.1, -0.05) is 12.1 Å². The topological polar surface area (TPSA) is 84.3 Å². The third kappa shape index (κ3) is 7.62. The number of nitrogens with zero attached hydrogens (tertiary/aromatic N) is 1. The molecule has 2 aromatic rings. The van der Waals surface area contributed by atoms with E-state index in [1.165, 1.54) is 0 Å². The monoisotopic (exact) mass is 515 g/mol. The quantitative estimate of drug-likeness (QED) is 0.271. The van der Waals surface area contributed by atoms with Crippen molar-refractivity contribution < 1.29 is 19.3 Å². The van der Waals surface area contributed by atoms with Crippen LogP contribution in [-0.4, -0.2) is 45.5 Å². The Morgan fingerprint density at radius 1 is 0.966 bits per heavy atom. The van der Waals surface area contributed by atoms with Crippen LogP contribution in [0.3, 0.4) is 0 Å². The van der Waals surface area contributed by atoms with E-state index in [4.69, 9.17) is 14.2 Å². The van der Waals surface area contributed by atoms with Crippen molar-refractivity contribution in [3.8, 4) is 17.2 Å². The molecule has 0 aliphatic heterocycles. The summed E-state index contributed by atoms with van der Waals surface area (Å²) < 4.78 is 15.8. The van der Waals surface area contributed by atoms with Gasteiger partial charge in [0.1, 0.15) is 17.2 Å². The fraction of sp³-hybridized carbons (Fsp3) is 0.381. The Labute approximate surface area is 189 Å². The van der Waals surface area contributed by atoms with Gasteiger partial charge in [-0.15, -0.1) is 24.0 Å². The number of guanidine groups is 1. The number of aliphatic imine (C=N–C) groups is 1. The molecule has 0 radical (unpaired) electrons. The molecule has 0 amide bonds. The molecule has 7 nitrogen and oxygen atoms in total. The van der Waals surface area contributed by atoms with Crippen molar-refractivity contribution in [1.82, 2.24) is 10.6 Å². The van der Waals surface area contributed by atoms with Crippen molar-refractivity contribution >= 4 is 29.9 Å². The predicted octanol–water partition coefficient (Wildman–Crippen LogP) is 3.12. The maximum absolute atomic E-state index is 10.6. The number of halogens is 1. The molecular weight excluding hydrogens is 485 g/mol. The largest absolute Gasteiger partial charge is 0.497 e. The van der Waals surface area contributed by atoms with Gasteiger partial charge >= 0.3 is 0 Å². The van der Waals surface area contributed by atoms with Crippen LogP contribution in [-0.2, 0) is 6.54 Å². The number of nitrogens with one attached hydrogen (secondary N) is 2. The lowest BCUT2D eigenvalue weighted by Crippen LogP contribution is -2.39. The van der Waals surface area contributed by atoms with E-state index in [9.17, 15) is 5.11 Å². The second-order valence-electron chi connectivity index (χ2n) is 6.05. The van der Waals surface area contributed by atoms with Gasteiger partial charge in [-0.25, -0.2) is 4.99 Å². The molecule has 0 saturated carbocycles. The molecule has 3 N–H and O–H groups in total. The van der Waals surface area contributed by atoms with Crippen molar-refractivity contribution in [3.05, 3.63) is 53.6 Å². The number of aliphatic hydroxyl groups is 1. The van der Waals surface area contributed by atoms with Crippen LogP contribution in [0.5, 0.6) is 17.2 Å². The van der Waals surface area contributed by atoms with Crippen LogP contribution in [0, 0.1) is 0 Å². The number of benzene rings is 2. The van der Waals surface area contributed by atoms with Gasteiger partial charge in [0.15, 0.2) is 5.96 Å². The third-order valence-corrected chi connectivity index (χ3v) is 4.18. The van der Waals surface area contributed by atoms with E-state index in [0.29, 0.717) is 36.1 Å². The van der Waals surface area contributed by atoms with Crippen LogP contribution >= 0.6 is 24.0 Å². The molecule has 29 heavy (non-hydrogen) atoms. The van der Waals surface area contributed by atoms with Gasteiger partial charge in [0, 0.05) is 18.7 Å². The van der Waals surface area contributed by atoms with Crippen LogP contribution in [0.2, 0.25) is 0 Å². The minimum absolute atomic E-state index is 0. The molecule has 2 aromatic carbocycles. The first-order valence-electron chi connectivity index (χ1n) is 9.16. The fourth-order valence-corrected chi connectivity index (χ4v) is 2.65. The molecule has 2 rings (SSSR count). The molecule has 0 heterocycles. The second kappa shape index (κ2) is 13.1. The minimum Gasteiger partial charge on any atom is -0.497 e. The van der Waals surface area contributed by atoms with Gasteiger partial charge in [0.25, 0.3) is 0 Å². The molecule has 1 unspecified atom stereocenters. The summed E-state index contributed by atoms with van der Waals surface area (Å²) in [4.78, 5) is 4.57. The summed E-state index contributed by atoms with van der Waals surface area (Å²) in [6.07, 6.45) is -0.783. The first-order valence-corrected chi connectivity index (χ1v) is 9.16. The Balaban J connectivity index is 0.00000420. The molecule has 1 atom stereocenters. The van der Waals surface area contributed by atoms with Crippen LogP contribution in [0.15, 0.2) is 47.5 Å². The Hall–Kier alpha value is -2.20. The van der Waals surface area contributed by atoms with Gasteiger partial charge in [-0.2, -0.15) is 0 Å². The van der Waals surface area contributed by atoms with E-state index in [2.05, 4.69) is 15.6 Å². The fourth-order valence-electron chi connectivity index (χ4n) is 2.65. The molecule has 0 aliphatic rings. The Bertz CT molecular complexity index is 769. The first-order chi connectivity index (χ1) is 13.6. The van der Waals surface area contributed by atoms with E-state index in [-0.39, 0.29) is 30.5 Å². The highest BCUT2D eigenvalue weighted by Gasteiger charge is 2.15. The average Bonchev–Trinajstić information content (AvgIpc) is 2.75. The summed E-state index contributed by atoms with van der Waals surface area (Å²) in [5.74, 6) is 2.71. The molecular formula is C21H30IN3O4. The number of rotatable bonds is 9. The molecule has 0 fully saturated rings. The van der Waals surface area contributed by atoms with Crippen molar-refractivity contribution in [3.63, 3.8) is 0 Å². The second-order valence-corrected chi connectivity index (χ2v) is 6.05. The van der Waals surface area contributed by atoms with Crippen LogP contribution < -0.4 is 24.8 Å². The highest BCUT2D eigenvalue weighted by molar-refractivity contribution is 14.0. The molecule has 0 aliphatic carbocycles. The maximum atomic E-state index is 10.6. The normalized spacial score (nSPS) is 11.8. The van der Waals surface area contributed by atoms with Gasteiger partial charge in [0.05, 0.1) is 34.0 Å². The van der Waals surface area contributed by atoms with E-state index in [1.54, 1.807) is 39.5 Å². The average molecular weight is 515 g/mol. The number of aliphatic hydroxyl groups excluding tert-OH is 1. The van der Waals surface area contributed by atoms with Crippen molar-refractivity contribution in [2.75, 3.05) is 34.4 Å². The zero-order chi connectivity index (χ0) is 20.4. The number of hydrogen-bond donors (Lipinski definition) is 3. The summed E-state index contributed by atoms with van der Waals surface area (Å²) in [6.45, 7) is 3.50. The summed E-state index contributed by atoms with van der Waals surface area (Å²) >= 11 is 0. The van der Waals surface area contributed by atoms with Crippen molar-refractivity contribution in [2.45, 2.75) is 19.6 Å². The van der Waals surface area contributed by atoms with E-state index in [0.717, 1.165) is 11.3 Å². The number of ether oxygens (including phenoxy) is 3. The van der Waals surface area contributed by atoms with Crippen LogP contribution in [0.1, 0.15) is 24.2 Å². The van der Waals surface area contributed by atoms with Gasteiger partial charge in [0.2, 0.25) is 0 Å². The maximum Gasteiger partial charge on any atom is 0.191 e. The van der Waals surface area contributed by atoms with Gasteiger partial charge < -0.3 is 30.0 Å². The molecule has 8 heteroatoms. The SMILES string of the molecule is CCNC(=NCc1ccc(OC)cc1)NCC(O)c1cc(OC)ccc1OC.I. The summed E-state index contributed by atoms with van der Waals surface area (Å²) in [5.41, 5.74) is 1.72. The summed E-state index contributed by atoms with van der Waals surface area (Å²) in [6, 6.07) is 13.1. The molecule has 0 bridgehead atoms. The van der Waals surface area contributed by atoms with Gasteiger partial charge in [-0.05, 0) is 42.8 Å². The van der Waals surface area contributed by atoms with Gasteiger partial charge in [-0.3, -0.25) is 0 Å². The Kier molecular flexibility index (Phi) is 11.2. The van der Waals surface area contributed by atoms with E-state index in [1.807, 2.05) is 31.2 Å². The Morgan fingerprint density at radius 2 is 1.62 bits per heavy atom. The highest BCUT2D eigenvalue weighted by atomic mass is 127. The minimum atomic E-state index is -0.783. The lowest BCUT2D eigenvalue weighted by molar-refractivity contribution is 0.176. The van der Waals surface area contributed by atoms with Crippen molar-refractivity contribution in [1.29, 1.82) is 0 Å². The van der Waals surface area contributed by atoms with Crippen LogP contribution in [0.25, 0.3) is 0 Å². The highest BCUT2D eigenvalue weighted by Crippen LogP contribution is 2.29. The first kappa shape index (κ1) is 24.8. The van der Waals surface area contributed by atoms with Crippen LogP contribution in [0.4, 0.5) is 0 Å². The standard InChI is InChI=1S/C21H29N3O4.HI/c1-5-22-21(23-13-15-6-8-16(26-2)9-7-15)24-14-19(25)18-12-17(27-3)10-11-20(18)28-4;/h6-12,19,25H,5,13-14H2,1-4H3,(H2,22,23,24);1H. The number of methoxy groups -OCH3 is 3. The predicted molar refractivity (Wildman–Crippen MR) is 126 cm³/mol. The molecule has 160 valence electrons. The van der Waals surface area contributed by atoms with E-state index < -0.39 is 6.10 Å². The molecule has 0 spiro atoms. The molecule has 0 aromatic heterocycles. The summed E-state index contributed by atoms with van der Waals surface area (Å²) in [7, 11) is 4.81. The zero-order valence-electron chi connectivity index (χ0n) is 17.3. The third-order valence-electron chi connectivity index (χ3n) is 4.18. The van der Waals surface area contributed by atoms with Crippen molar-refractivity contribution in [2.24, 2.45) is 4.99 Å². The number of hydrogen-bond acceptors (Lipinski definition) is 5. The Morgan fingerprint density at radius 3 is 2.21 bits per heavy atom. The lowest BCUT2D eigenvalue weighted by Gasteiger charge is -2.18. The summed E-state index contributed by atoms with van der Waals surface area (Å²) in [5, 5.41) is 17.0. The smallest absolute Gasteiger partial charge is 0.191 e. The zero-order valence-corrected chi connectivity index (χ0v) is 19.6. The molecule has 0 saturated heterocycles. The lowest BCUT2D eigenvalue weighted by atomic mass is 10.1.